The van der Waals surface area contributed by atoms with Crippen LogP contribution in [0.25, 0.3) is 0 Å². The van der Waals surface area contributed by atoms with Gasteiger partial charge >= 0.3 is 0 Å². The van der Waals surface area contributed by atoms with Crippen LogP contribution in [0.1, 0.15) is 64.6 Å². The van der Waals surface area contributed by atoms with Crippen molar-refractivity contribution in [2.45, 2.75) is 51.0 Å². The Labute approximate surface area is 178 Å². The van der Waals surface area contributed by atoms with Gasteiger partial charge in [0.2, 0.25) is 5.91 Å². The van der Waals surface area contributed by atoms with Crippen molar-refractivity contribution in [2.24, 2.45) is 11.8 Å². The van der Waals surface area contributed by atoms with Gasteiger partial charge in [0, 0.05) is 23.4 Å². The maximum Gasteiger partial charge on any atom is 0.254 e. The summed E-state index contributed by atoms with van der Waals surface area (Å²) in [7, 11) is 0. The van der Waals surface area contributed by atoms with Crippen molar-refractivity contribution < 1.29 is 9.59 Å². The first-order valence-corrected chi connectivity index (χ1v) is 11.3. The Bertz CT molecular complexity index is 1060. The molecule has 8 nitrogen and oxygen atoms in total. The first-order chi connectivity index (χ1) is 14.5. The highest BCUT2D eigenvalue weighted by molar-refractivity contribution is 7.17. The van der Waals surface area contributed by atoms with Crippen LogP contribution in [0, 0.1) is 23.2 Å². The minimum Gasteiger partial charge on any atom is -0.383 e. The molecule has 5 rings (SSSR count). The number of nitrogens with one attached hydrogen (secondary N) is 2. The van der Waals surface area contributed by atoms with Gasteiger partial charge < -0.3 is 20.9 Å². The third kappa shape index (κ3) is 3.56. The van der Waals surface area contributed by atoms with Gasteiger partial charge in [0.15, 0.2) is 5.69 Å². The lowest BCUT2D eigenvalue weighted by Crippen LogP contribution is -2.28. The third-order valence-electron chi connectivity index (χ3n) is 6.23. The van der Waals surface area contributed by atoms with E-state index in [9.17, 15) is 9.59 Å². The topological polar surface area (TPSA) is 126 Å². The zero-order valence-electron chi connectivity index (χ0n) is 16.6. The van der Waals surface area contributed by atoms with Gasteiger partial charge in [-0.15, -0.1) is 11.3 Å². The molecule has 30 heavy (non-hydrogen) atoms. The molecule has 2 amide bonds. The normalized spacial score (nSPS) is 20.3. The molecule has 1 unspecified atom stereocenters. The van der Waals surface area contributed by atoms with Gasteiger partial charge in [-0.05, 0) is 56.4 Å². The van der Waals surface area contributed by atoms with Crippen molar-refractivity contribution >= 4 is 34.0 Å². The number of nitrogens with zero attached hydrogens (tertiary/aromatic N) is 3. The molecule has 2 fully saturated rings. The van der Waals surface area contributed by atoms with Crippen LogP contribution in [0.3, 0.4) is 0 Å². The van der Waals surface area contributed by atoms with E-state index in [1.54, 1.807) is 6.33 Å². The Morgan fingerprint density at radius 3 is 2.77 bits per heavy atom. The number of imidazole rings is 1. The van der Waals surface area contributed by atoms with Crippen molar-refractivity contribution in [3.8, 4) is 6.07 Å². The number of rotatable bonds is 6. The molecule has 3 aliphatic carbocycles. The fraction of sp³-hybridized carbons (Fsp3) is 0.524. The molecule has 2 aromatic rings. The van der Waals surface area contributed by atoms with Crippen LogP contribution < -0.4 is 16.4 Å². The van der Waals surface area contributed by atoms with Gasteiger partial charge in [-0.3, -0.25) is 9.59 Å². The summed E-state index contributed by atoms with van der Waals surface area (Å²) in [6.07, 6.45) is 8.05. The van der Waals surface area contributed by atoms with E-state index in [0.29, 0.717) is 35.3 Å². The number of fused-ring (bicyclic) bond motifs is 1. The number of carbonyl (C=O) groups excluding carboxylic acids is 2. The highest BCUT2D eigenvalue weighted by atomic mass is 32.1. The number of hydrogen-bond acceptors (Lipinski definition) is 6. The highest BCUT2D eigenvalue weighted by Crippen LogP contribution is 2.42. The van der Waals surface area contributed by atoms with E-state index in [0.717, 1.165) is 49.0 Å². The number of amides is 2. The lowest BCUT2D eigenvalue weighted by molar-refractivity contribution is -0.117. The smallest absolute Gasteiger partial charge is 0.254 e. The van der Waals surface area contributed by atoms with Gasteiger partial charge in [-0.25, -0.2) is 4.98 Å². The Kier molecular flexibility index (Phi) is 4.74. The number of hydrogen-bond donors (Lipinski definition) is 3. The summed E-state index contributed by atoms with van der Waals surface area (Å²) >= 11 is 1.52. The van der Waals surface area contributed by atoms with Crippen molar-refractivity contribution in [2.75, 3.05) is 17.6 Å². The Morgan fingerprint density at radius 1 is 1.30 bits per heavy atom. The van der Waals surface area contributed by atoms with Crippen molar-refractivity contribution in [1.82, 2.24) is 14.9 Å². The Balaban J connectivity index is 1.45. The molecular formula is C21H24N6O2S. The third-order valence-corrected chi connectivity index (χ3v) is 7.43. The Morgan fingerprint density at radius 2 is 2.10 bits per heavy atom. The summed E-state index contributed by atoms with van der Waals surface area (Å²) in [6, 6.07) is 2.04. The van der Waals surface area contributed by atoms with Crippen LogP contribution in [0.2, 0.25) is 0 Å². The van der Waals surface area contributed by atoms with Crippen LogP contribution in [0.4, 0.5) is 10.8 Å². The molecule has 3 aliphatic rings. The molecule has 2 aromatic heterocycles. The van der Waals surface area contributed by atoms with E-state index >= 15 is 0 Å². The summed E-state index contributed by atoms with van der Waals surface area (Å²) < 4.78 is 1.84. The van der Waals surface area contributed by atoms with E-state index in [-0.39, 0.29) is 29.5 Å². The second-order valence-electron chi connectivity index (χ2n) is 8.52. The summed E-state index contributed by atoms with van der Waals surface area (Å²) in [4.78, 5) is 30.8. The zero-order valence-corrected chi connectivity index (χ0v) is 17.4. The molecule has 4 N–H and O–H groups in total. The fourth-order valence-electron chi connectivity index (χ4n) is 4.09. The number of nitrogen functional groups attached to an aromatic ring is 1. The largest absolute Gasteiger partial charge is 0.383 e. The molecule has 0 saturated heterocycles. The number of carbonyl (C=O) groups is 2. The molecule has 1 atom stereocenters. The first kappa shape index (κ1) is 19.1. The number of nitrogens with two attached hydrogens (primary N) is 1. The van der Waals surface area contributed by atoms with E-state index in [4.69, 9.17) is 11.0 Å². The van der Waals surface area contributed by atoms with Gasteiger partial charge in [0.1, 0.15) is 16.9 Å². The molecule has 0 aromatic carbocycles. The fourth-order valence-corrected chi connectivity index (χ4v) is 5.33. The summed E-state index contributed by atoms with van der Waals surface area (Å²) in [5.74, 6) is 0.926. The monoisotopic (exact) mass is 424 g/mol. The van der Waals surface area contributed by atoms with Gasteiger partial charge in [0.25, 0.3) is 5.91 Å². The van der Waals surface area contributed by atoms with Gasteiger partial charge in [-0.1, -0.05) is 0 Å². The second-order valence-corrected chi connectivity index (χ2v) is 9.62. The minimum absolute atomic E-state index is 0.0129. The minimum atomic E-state index is -0.109. The molecule has 0 aliphatic heterocycles. The second kappa shape index (κ2) is 7.43. The van der Waals surface area contributed by atoms with E-state index in [2.05, 4.69) is 15.6 Å². The van der Waals surface area contributed by atoms with Crippen LogP contribution >= 0.6 is 11.3 Å². The van der Waals surface area contributed by atoms with E-state index in [1.807, 2.05) is 10.6 Å². The number of aryl methyl sites for hydroxylation is 1. The van der Waals surface area contributed by atoms with Crippen molar-refractivity contribution in [3.05, 3.63) is 28.0 Å². The van der Waals surface area contributed by atoms with E-state index in [1.165, 1.54) is 11.3 Å². The highest BCUT2D eigenvalue weighted by Gasteiger charge is 2.35. The average Bonchev–Trinajstić information content (AvgIpc) is 3.66. The maximum atomic E-state index is 13.1. The summed E-state index contributed by atoms with van der Waals surface area (Å²) in [6.45, 7) is 0.683. The molecule has 2 saturated carbocycles. The summed E-state index contributed by atoms with van der Waals surface area (Å²) in [5, 5.41) is 15.9. The molecule has 2 heterocycles. The maximum absolute atomic E-state index is 13.1. The average molecular weight is 425 g/mol. The standard InChI is InChI=1S/C21H24N6O2S/c22-8-15-18(23)27(10-25-15)13-5-6-16-14(7-13)17(20(29)24-9-11-1-2-11)21(30-16)26-19(28)12-3-4-12/h10-13H,1-7,9,23H2,(H,24,29)(H,26,28). The van der Waals surface area contributed by atoms with Gasteiger partial charge in [-0.2, -0.15) is 5.26 Å². The molecule has 0 radical (unpaired) electrons. The summed E-state index contributed by atoms with van der Waals surface area (Å²) in [5.41, 5.74) is 7.93. The molecule has 156 valence electrons. The predicted molar refractivity (Wildman–Crippen MR) is 113 cm³/mol. The van der Waals surface area contributed by atoms with Crippen LogP contribution in [-0.4, -0.2) is 27.9 Å². The number of nitriles is 1. The molecule has 9 heteroatoms. The SMILES string of the molecule is N#Cc1ncn(C2CCc3sc(NC(=O)C4CC4)c(C(=O)NCC4CC4)c3C2)c1N. The lowest BCUT2D eigenvalue weighted by atomic mass is 9.91. The van der Waals surface area contributed by atoms with Crippen LogP contribution in [0.5, 0.6) is 0 Å². The number of thiophene rings is 1. The number of anilines is 2. The van der Waals surface area contributed by atoms with Crippen molar-refractivity contribution in [3.63, 3.8) is 0 Å². The predicted octanol–water partition coefficient (Wildman–Crippen LogP) is 2.62. The first-order valence-electron chi connectivity index (χ1n) is 10.5. The van der Waals surface area contributed by atoms with Crippen LogP contribution in [-0.2, 0) is 17.6 Å². The van der Waals surface area contributed by atoms with E-state index < -0.39 is 0 Å². The Hall–Kier alpha value is -2.86. The lowest BCUT2D eigenvalue weighted by Gasteiger charge is -2.25. The zero-order chi connectivity index (χ0) is 20.8. The molecular weight excluding hydrogens is 400 g/mol. The number of aromatic nitrogens is 2. The quantitative estimate of drug-likeness (QED) is 0.657. The molecule has 0 spiro atoms. The van der Waals surface area contributed by atoms with Crippen LogP contribution in [0.15, 0.2) is 6.33 Å². The van der Waals surface area contributed by atoms with Gasteiger partial charge in [0.05, 0.1) is 11.9 Å². The van der Waals surface area contributed by atoms with Crippen molar-refractivity contribution in [1.29, 1.82) is 5.26 Å². The molecule has 0 bridgehead atoms.